The second-order valence-electron chi connectivity index (χ2n) is 6.58. The van der Waals surface area contributed by atoms with Crippen molar-refractivity contribution in [2.45, 2.75) is 25.8 Å². The fraction of sp³-hybridized carbons (Fsp3) is 0.300. The second-order valence-corrected chi connectivity index (χ2v) is 7.70. The standard InChI is InChI=1S/C20H19NO5S/c1-11-13-6-5-12(25-2)10-15(13)26-18(11)19(22)21-9-3-4-14(21)16-7-8-17(27-16)20(23)24/h5-8,10,14H,3-4,9H2,1-2H3,(H,23,24)/t14-/m0/s1. The molecule has 0 saturated carbocycles. The Labute approximate surface area is 160 Å². The number of ether oxygens (including phenoxy) is 1. The summed E-state index contributed by atoms with van der Waals surface area (Å²) >= 11 is 1.23. The molecular formula is C20H19NO5S. The largest absolute Gasteiger partial charge is 0.497 e. The Hall–Kier alpha value is -2.80. The van der Waals surface area contributed by atoms with Crippen LogP contribution in [-0.2, 0) is 0 Å². The molecule has 0 aliphatic carbocycles. The molecule has 7 heteroatoms. The van der Waals surface area contributed by atoms with Gasteiger partial charge in [0.25, 0.3) is 5.91 Å². The van der Waals surface area contributed by atoms with Crippen molar-refractivity contribution in [2.75, 3.05) is 13.7 Å². The summed E-state index contributed by atoms with van der Waals surface area (Å²) in [5, 5.41) is 10.0. The number of aromatic carboxylic acids is 1. The quantitative estimate of drug-likeness (QED) is 0.716. The van der Waals surface area contributed by atoms with E-state index in [4.69, 9.17) is 14.3 Å². The van der Waals surface area contributed by atoms with E-state index in [1.807, 2.05) is 19.1 Å². The van der Waals surface area contributed by atoms with Crippen molar-refractivity contribution in [3.8, 4) is 5.75 Å². The van der Waals surface area contributed by atoms with E-state index < -0.39 is 5.97 Å². The third-order valence-corrected chi connectivity index (χ3v) is 6.19. The number of nitrogens with zero attached hydrogens (tertiary/aromatic N) is 1. The number of rotatable bonds is 4. The number of thiophene rings is 1. The van der Waals surface area contributed by atoms with Gasteiger partial charge in [-0.1, -0.05) is 0 Å². The first kappa shape index (κ1) is 17.6. The van der Waals surface area contributed by atoms with Gasteiger partial charge in [0, 0.05) is 28.4 Å². The lowest BCUT2D eigenvalue weighted by Gasteiger charge is -2.23. The summed E-state index contributed by atoms with van der Waals surface area (Å²) in [6, 6.07) is 8.81. The topological polar surface area (TPSA) is 80.0 Å². The molecule has 1 aliphatic heterocycles. The zero-order valence-corrected chi connectivity index (χ0v) is 15.8. The molecule has 0 bridgehead atoms. The maximum absolute atomic E-state index is 13.2. The molecule has 4 rings (SSSR count). The van der Waals surface area contributed by atoms with Crippen LogP contribution in [0.25, 0.3) is 11.0 Å². The highest BCUT2D eigenvalue weighted by Crippen LogP contribution is 2.38. The molecule has 0 spiro atoms. The van der Waals surface area contributed by atoms with Crippen LogP contribution in [0.3, 0.4) is 0 Å². The number of likely N-dealkylation sites (tertiary alicyclic amines) is 1. The van der Waals surface area contributed by atoms with Gasteiger partial charge in [0.2, 0.25) is 0 Å². The number of hydrogen-bond acceptors (Lipinski definition) is 5. The summed E-state index contributed by atoms with van der Waals surface area (Å²) < 4.78 is 11.1. The Morgan fingerprint density at radius 2 is 2.11 bits per heavy atom. The van der Waals surface area contributed by atoms with Gasteiger partial charge >= 0.3 is 5.97 Å². The summed E-state index contributed by atoms with van der Waals surface area (Å²) in [6.07, 6.45) is 1.70. The van der Waals surface area contributed by atoms with E-state index in [0.29, 0.717) is 23.6 Å². The highest BCUT2D eigenvalue weighted by molar-refractivity contribution is 7.14. The van der Waals surface area contributed by atoms with Crippen LogP contribution in [0.5, 0.6) is 5.75 Å². The third kappa shape index (κ3) is 2.98. The Morgan fingerprint density at radius 3 is 2.81 bits per heavy atom. The molecule has 1 aromatic carbocycles. The van der Waals surface area contributed by atoms with Gasteiger partial charge in [-0.3, -0.25) is 4.79 Å². The lowest BCUT2D eigenvalue weighted by Crippen LogP contribution is -2.30. The fourth-order valence-corrected chi connectivity index (χ4v) is 4.61. The van der Waals surface area contributed by atoms with Crippen LogP contribution < -0.4 is 4.74 Å². The van der Waals surface area contributed by atoms with Crippen molar-refractivity contribution in [1.82, 2.24) is 4.90 Å². The molecule has 6 nitrogen and oxygen atoms in total. The minimum absolute atomic E-state index is 0.113. The second kappa shape index (κ2) is 6.74. The third-order valence-electron chi connectivity index (χ3n) is 5.02. The van der Waals surface area contributed by atoms with Gasteiger partial charge in [-0.25, -0.2) is 4.79 Å². The highest BCUT2D eigenvalue weighted by atomic mass is 32.1. The molecule has 1 fully saturated rings. The fourth-order valence-electron chi connectivity index (χ4n) is 3.62. The number of aryl methyl sites for hydroxylation is 1. The zero-order chi connectivity index (χ0) is 19.1. The molecule has 2 aromatic heterocycles. The van der Waals surface area contributed by atoms with Crippen LogP contribution in [0.2, 0.25) is 0 Å². The number of hydrogen-bond donors (Lipinski definition) is 1. The molecule has 3 aromatic rings. The van der Waals surface area contributed by atoms with Crippen LogP contribution in [-0.4, -0.2) is 35.5 Å². The molecular weight excluding hydrogens is 366 g/mol. The van der Waals surface area contributed by atoms with Crippen molar-refractivity contribution in [3.05, 3.63) is 51.4 Å². The summed E-state index contributed by atoms with van der Waals surface area (Å²) in [4.78, 5) is 27.3. The SMILES string of the molecule is COc1ccc2c(C)c(C(=O)N3CCC[C@H]3c3ccc(C(=O)O)s3)oc2c1. The predicted molar refractivity (Wildman–Crippen MR) is 102 cm³/mol. The molecule has 1 N–H and O–H groups in total. The highest BCUT2D eigenvalue weighted by Gasteiger charge is 2.34. The van der Waals surface area contributed by atoms with Crippen molar-refractivity contribution in [3.63, 3.8) is 0 Å². The molecule has 1 atom stereocenters. The van der Waals surface area contributed by atoms with E-state index in [1.165, 1.54) is 11.3 Å². The summed E-state index contributed by atoms with van der Waals surface area (Å²) in [7, 11) is 1.59. The zero-order valence-electron chi connectivity index (χ0n) is 15.0. The Morgan fingerprint density at radius 1 is 1.30 bits per heavy atom. The summed E-state index contributed by atoms with van der Waals surface area (Å²) in [5.74, 6) is -0.0890. The number of methoxy groups -OCH3 is 1. The summed E-state index contributed by atoms with van der Waals surface area (Å²) in [6.45, 7) is 2.51. The average molecular weight is 385 g/mol. The van der Waals surface area contributed by atoms with Crippen molar-refractivity contribution in [2.24, 2.45) is 0 Å². The first-order valence-corrected chi connectivity index (χ1v) is 9.52. The predicted octanol–water partition coefficient (Wildman–Crippen LogP) is 4.49. The van der Waals surface area contributed by atoms with Crippen LogP contribution in [0.15, 0.2) is 34.7 Å². The maximum atomic E-state index is 13.2. The molecule has 0 unspecified atom stereocenters. The number of furan rings is 1. The van der Waals surface area contributed by atoms with Crippen LogP contribution >= 0.6 is 11.3 Å². The number of fused-ring (bicyclic) bond motifs is 1. The Bertz CT molecular complexity index is 1030. The van der Waals surface area contributed by atoms with E-state index >= 15 is 0 Å². The molecule has 1 amide bonds. The van der Waals surface area contributed by atoms with Gasteiger partial charge in [-0.2, -0.15) is 0 Å². The Balaban J connectivity index is 1.67. The molecule has 1 aliphatic rings. The summed E-state index contributed by atoms with van der Waals surface area (Å²) in [5.41, 5.74) is 1.43. The average Bonchev–Trinajstić information content (AvgIpc) is 3.39. The van der Waals surface area contributed by atoms with Gasteiger partial charge < -0.3 is 19.2 Å². The molecule has 27 heavy (non-hydrogen) atoms. The smallest absolute Gasteiger partial charge is 0.345 e. The van der Waals surface area contributed by atoms with Crippen LogP contribution in [0.4, 0.5) is 0 Å². The van der Waals surface area contributed by atoms with Crippen molar-refractivity contribution >= 4 is 34.2 Å². The number of carboxylic acid groups (broad SMARTS) is 1. The van der Waals surface area contributed by atoms with Crippen molar-refractivity contribution < 1.29 is 23.8 Å². The number of benzene rings is 1. The van der Waals surface area contributed by atoms with E-state index in [9.17, 15) is 9.59 Å². The van der Waals surface area contributed by atoms with E-state index in [1.54, 1.807) is 30.2 Å². The van der Waals surface area contributed by atoms with Crippen LogP contribution in [0.1, 0.15) is 49.6 Å². The maximum Gasteiger partial charge on any atom is 0.345 e. The van der Waals surface area contributed by atoms with Gasteiger partial charge in [0.1, 0.15) is 16.2 Å². The molecule has 140 valence electrons. The van der Waals surface area contributed by atoms with E-state index in [0.717, 1.165) is 28.7 Å². The van der Waals surface area contributed by atoms with E-state index in [2.05, 4.69) is 0 Å². The van der Waals surface area contributed by atoms with E-state index in [-0.39, 0.29) is 16.8 Å². The monoisotopic (exact) mass is 385 g/mol. The molecule has 1 saturated heterocycles. The van der Waals surface area contributed by atoms with Crippen LogP contribution in [0, 0.1) is 6.92 Å². The lowest BCUT2D eigenvalue weighted by atomic mass is 10.1. The van der Waals surface area contributed by atoms with Gasteiger partial charge in [-0.05, 0) is 44.0 Å². The van der Waals surface area contributed by atoms with Crippen molar-refractivity contribution in [1.29, 1.82) is 0 Å². The molecule has 3 heterocycles. The Kier molecular flexibility index (Phi) is 4.39. The normalized spacial score (nSPS) is 16.8. The lowest BCUT2D eigenvalue weighted by molar-refractivity contribution is 0.0696. The first-order chi connectivity index (χ1) is 13.0. The minimum Gasteiger partial charge on any atom is -0.497 e. The number of carbonyl (C=O) groups is 2. The first-order valence-electron chi connectivity index (χ1n) is 8.70. The van der Waals surface area contributed by atoms with Gasteiger partial charge in [0.05, 0.1) is 13.2 Å². The number of amides is 1. The van der Waals surface area contributed by atoms with Gasteiger partial charge in [-0.15, -0.1) is 11.3 Å². The number of carbonyl (C=O) groups excluding carboxylic acids is 1. The molecule has 0 radical (unpaired) electrons. The number of carboxylic acids is 1. The van der Waals surface area contributed by atoms with Gasteiger partial charge in [0.15, 0.2) is 5.76 Å². The minimum atomic E-state index is -0.941.